The van der Waals surface area contributed by atoms with Gasteiger partial charge in [0.1, 0.15) is 17.2 Å². The fourth-order valence-electron chi connectivity index (χ4n) is 3.08. The molecule has 0 spiro atoms. The van der Waals surface area contributed by atoms with Crippen molar-refractivity contribution >= 4 is 28.5 Å². The molecule has 128 valence electrons. The third kappa shape index (κ3) is 2.57. The first-order chi connectivity index (χ1) is 11.3. The van der Waals surface area contributed by atoms with Crippen molar-refractivity contribution in [3.63, 3.8) is 0 Å². The van der Waals surface area contributed by atoms with Gasteiger partial charge in [0.15, 0.2) is 0 Å². The number of benzene rings is 1. The molecule has 1 saturated carbocycles. The van der Waals surface area contributed by atoms with Crippen LogP contribution in [0.5, 0.6) is 0 Å². The van der Waals surface area contributed by atoms with E-state index in [4.69, 9.17) is 22.1 Å². The zero-order valence-electron chi connectivity index (χ0n) is 13.3. The molecule has 0 bridgehead atoms. The van der Waals surface area contributed by atoms with Gasteiger partial charge in [0.2, 0.25) is 0 Å². The molecular weight excluding hydrogens is 337 g/mol. The van der Waals surface area contributed by atoms with Crippen molar-refractivity contribution in [2.75, 3.05) is 7.11 Å². The number of carbonyl (C=O) groups is 1. The first-order valence-corrected chi connectivity index (χ1v) is 7.96. The molecule has 0 radical (unpaired) electrons. The molecule has 1 aliphatic carbocycles. The number of nitrogens with zero attached hydrogens (tertiary/aromatic N) is 2. The minimum Gasteiger partial charge on any atom is -0.469 e. The monoisotopic (exact) mass is 353 g/mol. The molecule has 1 atom stereocenters. The largest absolute Gasteiger partial charge is 0.469 e. The van der Waals surface area contributed by atoms with E-state index in [2.05, 4.69) is 4.98 Å². The van der Waals surface area contributed by atoms with Gasteiger partial charge in [0.05, 0.1) is 29.5 Å². The summed E-state index contributed by atoms with van der Waals surface area (Å²) in [6.45, 7) is 1.67. The van der Waals surface area contributed by atoms with Crippen molar-refractivity contribution in [3.8, 4) is 0 Å². The maximum absolute atomic E-state index is 14.1. The lowest BCUT2D eigenvalue weighted by atomic mass is 9.80. The minimum atomic E-state index is -0.624. The van der Waals surface area contributed by atoms with Gasteiger partial charge in [-0.1, -0.05) is 11.6 Å². The number of hydrogen-bond acceptors (Lipinski definition) is 5. The number of methoxy groups -OCH3 is 1. The molecular formula is C16H17ClFN3O3. The third-order valence-electron chi connectivity index (χ3n) is 4.40. The van der Waals surface area contributed by atoms with E-state index in [1.807, 2.05) is 0 Å². The zero-order chi connectivity index (χ0) is 17.6. The molecule has 1 aliphatic rings. The van der Waals surface area contributed by atoms with Crippen LogP contribution in [0.1, 0.15) is 37.7 Å². The normalized spacial score (nSPS) is 21.4. The van der Waals surface area contributed by atoms with Gasteiger partial charge >= 0.3 is 5.97 Å². The van der Waals surface area contributed by atoms with Crippen LogP contribution in [0, 0.1) is 11.7 Å². The fraction of sp³-hybridized carbons (Fsp3) is 0.438. The summed E-state index contributed by atoms with van der Waals surface area (Å²) in [6, 6.07) is 1.69. The Morgan fingerprint density at radius 1 is 1.50 bits per heavy atom. The van der Waals surface area contributed by atoms with Crippen molar-refractivity contribution in [3.05, 3.63) is 39.2 Å². The average Bonchev–Trinajstić information content (AvgIpc) is 2.50. The number of nitrogens with two attached hydrogens (primary N) is 1. The molecule has 2 N–H and O–H groups in total. The topological polar surface area (TPSA) is 87.2 Å². The van der Waals surface area contributed by atoms with Crippen LogP contribution >= 0.6 is 11.6 Å². The second-order valence-electron chi connectivity index (χ2n) is 6.03. The van der Waals surface area contributed by atoms with Crippen LogP contribution in [0.2, 0.25) is 5.02 Å². The number of aromatic nitrogens is 2. The van der Waals surface area contributed by atoms with E-state index >= 15 is 0 Å². The highest BCUT2D eigenvalue weighted by molar-refractivity contribution is 6.35. The number of ether oxygens (including phenoxy) is 1. The molecule has 1 fully saturated rings. The molecule has 6 nitrogen and oxygen atoms in total. The molecule has 1 aromatic heterocycles. The van der Waals surface area contributed by atoms with Gasteiger partial charge in [-0.05, 0) is 31.9 Å². The van der Waals surface area contributed by atoms with Crippen LogP contribution in [-0.2, 0) is 9.53 Å². The summed E-state index contributed by atoms with van der Waals surface area (Å²) in [4.78, 5) is 28.7. The van der Waals surface area contributed by atoms with E-state index < -0.39 is 17.4 Å². The summed E-state index contributed by atoms with van der Waals surface area (Å²) in [6.07, 6.45) is 0.902. The second kappa shape index (κ2) is 6.14. The van der Waals surface area contributed by atoms with Gasteiger partial charge in [-0.15, -0.1) is 0 Å². The number of fused-ring (bicyclic) bond motifs is 1. The van der Waals surface area contributed by atoms with E-state index in [-0.39, 0.29) is 39.7 Å². The maximum atomic E-state index is 14.1. The van der Waals surface area contributed by atoms with Crippen molar-refractivity contribution in [1.82, 2.24) is 9.55 Å². The smallest absolute Gasteiger partial charge is 0.308 e. The van der Waals surface area contributed by atoms with Crippen molar-refractivity contribution < 1.29 is 13.9 Å². The summed E-state index contributed by atoms with van der Waals surface area (Å²) >= 11 is 6.08. The van der Waals surface area contributed by atoms with Gasteiger partial charge in [-0.2, -0.15) is 0 Å². The van der Waals surface area contributed by atoms with E-state index in [0.29, 0.717) is 12.8 Å². The Balaban J connectivity index is 2.15. The van der Waals surface area contributed by atoms with E-state index in [0.717, 1.165) is 0 Å². The Morgan fingerprint density at radius 2 is 2.17 bits per heavy atom. The highest BCUT2D eigenvalue weighted by Gasteiger charge is 2.38. The van der Waals surface area contributed by atoms with Crippen LogP contribution in [-0.4, -0.2) is 22.6 Å². The minimum absolute atomic E-state index is 0.0302. The predicted octanol–water partition coefficient (Wildman–Crippen LogP) is 2.33. The van der Waals surface area contributed by atoms with Crippen LogP contribution in [0.3, 0.4) is 0 Å². The Morgan fingerprint density at radius 3 is 2.75 bits per heavy atom. The lowest BCUT2D eigenvalue weighted by molar-refractivity contribution is -0.149. The first kappa shape index (κ1) is 16.9. The Bertz CT molecular complexity index is 875. The quantitative estimate of drug-likeness (QED) is 0.856. The fourth-order valence-corrected chi connectivity index (χ4v) is 3.31. The number of carbonyl (C=O) groups excluding carboxylic acids is 1. The zero-order valence-corrected chi connectivity index (χ0v) is 14.0. The summed E-state index contributed by atoms with van der Waals surface area (Å²) in [7, 11) is 1.33. The molecule has 24 heavy (non-hydrogen) atoms. The second-order valence-corrected chi connectivity index (χ2v) is 6.44. The summed E-state index contributed by atoms with van der Waals surface area (Å²) in [5, 5.41) is 0.167. The molecule has 3 rings (SSSR count). The third-order valence-corrected chi connectivity index (χ3v) is 4.72. The average molecular weight is 354 g/mol. The Labute approximate surface area is 142 Å². The Hall–Kier alpha value is -1.99. The molecule has 1 unspecified atom stereocenters. The molecule has 8 heteroatoms. The van der Waals surface area contributed by atoms with Crippen LogP contribution in [0.4, 0.5) is 4.39 Å². The molecule has 0 aliphatic heterocycles. The Kier molecular flexibility index (Phi) is 4.31. The number of halogens is 2. The SMILES string of the molecule is COC(=O)C1CC(n2c(C(C)N)nc3c(F)ccc(Cl)c3c2=O)C1. The summed E-state index contributed by atoms with van der Waals surface area (Å²) in [5.41, 5.74) is 5.41. The van der Waals surface area contributed by atoms with Crippen molar-refractivity contribution in [2.45, 2.75) is 31.8 Å². The molecule has 1 heterocycles. The molecule has 2 aromatic rings. The van der Waals surface area contributed by atoms with Crippen LogP contribution in [0.25, 0.3) is 10.9 Å². The maximum Gasteiger partial charge on any atom is 0.308 e. The van der Waals surface area contributed by atoms with Crippen molar-refractivity contribution in [1.29, 1.82) is 0 Å². The lowest BCUT2D eigenvalue weighted by Crippen LogP contribution is -2.40. The van der Waals surface area contributed by atoms with Crippen molar-refractivity contribution in [2.24, 2.45) is 11.7 Å². The molecule has 0 amide bonds. The van der Waals surface area contributed by atoms with Gasteiger partial charge < -0.3 is 10.5 Å². The van der Waals surface area contributed by atoms with Gasteiger partial charge in [0.25, 0.3) is 5.56 Å². The van der Waals surface area contributed by atoms with Gasteiger partial charge in [0, 0.05) is 6.04 Å². The lowest BCUT2D eigenvalue weighted by Gasteiger charge is -2.36. The number of hydrogen-bond donors (Lipinski definition) is 1. The highest BCUT2D eigenvalue weighted by Crippen LogP contribution is 2.39. The van der Waals surface area contributed by atoms with Crippen LogP contribution < -0.4 is 11.3 Å². The standard InChI is InChI=1S/C16H17ClFN3O3/c1-7(19)14-20-13-11(18)4-3-10(17)12(13)15(22)21(14)9-5-8(6-9)16(23)24-2/h3-4,7-9H,5-6,19H2,1-2H3. The molecule has 0 saturated heterocycles. The summed E-state index contributed by atoms with van der Waals surface area (Å²) in [5.74, 6) is -0.908. The van der Waals surface area contributed by atoms with E-state index in [1.165, 1.54) is 23.8 Å². The van der Waals surface area contributed by atoms with E-state index in [1.54, 1.807) is 6.92 Å². The first-order valence-electron chi connectivity index (χ1n) is 7.58. The highest BCUT2D eigenvalue weighted by atomic mass is 35.5. The number of esters is 1. The molecule has 1 aromatic carbocycles. The van der Waals surface area contributed by atoms with E-state index in [9.17, 15) is 14.0 Å². The van der Waals surface area contributed by atoms with Crippen LogP contribution in [0.15, 0.2) is 16.9 Å². The predicted molar refractivity (Wildman–Crippen MR) is 87.4 cm³/mol. The van der Waals surface area contributed by atoms with Gasteiger partial charge in [-0.25, -0.2) is 9.37 Å². The summed E-state index contributed by atoms with van der Waals surface area (Å²) < 4.78 is 20.2. The number of rotatable bonds is 3. The van der Waals surface area contributed by atoms with Gasteiger partial charge in [-0.3, -0.25) is 14.2 Å².